The van der Waals surface area contributed by atoms with E-state index in [4.69, 9.17) is 15.1 Å². The van der Waals surface area contributed by atoms with Crippen LogP contribution in [-0.2, 0) is 0 Å². The Morgan fingerprint density at radius 3 is 1.00 bits per heavy atom. The van der Waals surface area contributed by atoms with Gasteiger partial charge in [-0.2, -0.15) is 0 Å². The first-order valence-corrected chi connectivity index (χ1v) is 0.775. The Hall–Kier alpha value is 3.00. The summed E-state index contributed by atoms with van der Waals surface area (Å²) in [6.45, 7) is 0. The second kappa shape index (κ2) is 16.0. The summed E-state index contributed by atoms with van der Waals surface area (Å²) in [6.07, 6.45) is 0. The van der Waals surface area contributed by atoms with Gasteiger partial charge >= 0.3 is 56.2 Å². The molecule has 0 aliphatic rings. The van der Waals surface area contributed by atoms with Gasteiger partial charge in [-0.1, -0.05) is 0 Å². The average molecular weight is 377 g/mol. The van der Waals surface area contributed by atoms with Crippen molar-refractivity contribution in [2.75, 3.05) is 0 Å². The first-order chi connectivity index (χ1) is 1.73. The molecule has 0 aromatic heterocycles. The molecule has 0 spiro atoms. The molecule has 0 rings (SSSR count). The molecule has 0 aromatic rings. The fourth-order valence-corrected chi connectivity index (χ4v) is 0. The molecular weight excluding hydrogens is 370 g/mol. The summed E-state index contributed by atoms with van der Waals surface area (Å²) in [4.78, 5) is 0. The minimum Gasteiger partial charge on any atom is 0 e. The van der Waals surface area contributed by atoms with Crippen LogP contribution in [0.5, 0.6) is 0 Å². The van der Waals surface area contributed by atoms with E-state index in [9.17, 15) is 0 Å². The molecule has 0 unspecified atom stereocenters. The largest absolute Gasteiger partial charge is 0 e. The summed E-state index contributed by atoms with van der Waals surface area (Å²) < 4.78 is 0. The van der Waals surface area contributed by atoms with Crippen LogP contribution in [0.15, 0.2) is 0 Å². The maximum Gasteiger partial charge on any atom is 0 e. The molecule has 0 bridgehead atoms. The van der Waals surface area contributed by atoms with E-state index in [1.165, 1.54) is 0 Å². The van der Waals surface area contributed by atoms with Gasteiger partial charge < -0.3 is 15.1 Å². The van der Waals surface area contributed by atoms with Crippen molar-refractivity contribution in [1.82, 2.24) is 0 Å². The van der Waals surface area contributed by atoms with E-state index in [0.717, 1.165) is 0 Å². The van der Waals surface area contributed by atoms with Crippen LogP contribution in [-0.4, -0.2) is 71.3 Å². The van der Waals surface area contributed by atoms with Gasteiger partial charge in [-0.25, -0.2) is 0 Å². The molecule has 1 radical (unpaired) electrons. The number of hydrogen-bond acceptors (Lipinski definition) is 3. The van der Waals surface area contributed by atoms with Crippen LogP contribution >= 0.6 is 12.4 Å². The number of halogens is 1. The van der Waals surface area contributed by atoms with E-state index >= 15 is 0 Å². The third kappa shape index (κ3) is 49.0. The average Bonchev–Trinajstić information content (AvgIpc) is 0.811. The van der Waals surface area contributed by atoms with Crippen LogP contribution in [0, 0.1) is 35.6 Å². The molecule has 0 amide bonds. The zero-order valence-electron chi connectivity index (χ0n) is 2.90. The minimum absolute atomic E-state index is 0. The predicted molar refractivity (Wildman–Crippen MR) is 28.2 cm³/mol. The standard InChI is InChI=1S/BH3O3.Ba.ClH.La.2H/c2-1(3)4;;;;;/h2-4H;;1H;;;. The van der Waals surface area contributed by atoms with E-state index in [1.54, 1.807) is 0 Å². The molecule has 3 N–H and O–H groups in total. The Labute approximate surface area is 117 Å². The van der Waals surface area contributed by atoms with Crippen molar-refractivity contribution < 1.29 is 50.7 Å². The van der Waals surface area contributed by atoms with Crippen molar-refractivity contribution >= 4 is 68.6 Å². The first-order valence-electron chi connectivity index (χ1n) is 0.775. The molecule has 0 fully saturated rings. The second-order valence-corrected chi connectivity index (χ2v) is 0.346. The monoisotopic (exact) mass is 377 g/mol. The van der Waals surface area contributed by atoms with Crippen LogP contribution in [0.4, 0.5) is 0 Å². The van der Waals surface area contributed by atoms with Crippen LogP contribution in [0.25, 0.3) is 0 Å². The molecule has 39 valence electrons. The molecule has 0 heterocycles. The Morgan fingerprint density at radius 2 is 1.00 bits per heavy atom. The second-order valence-electron chi connectivity index (χ2n) is 0.346. The summed E-state index contributed by atoms with van der Waals surface area (Å²) in [5, 5.41) is 21.5. The first kappa shape index (κ1) is 22.5. The van der Waals surface area contributed by atoms with Gasteiger partial charge in [-0.15, -0.1) is 12.4 Å². The third-order valence-electron chi connectivity index (χ3n) is 0. The van der Waals surface area contributed by atoms with E-state index in [-0.39, 0.29) is 96.9 Å². The summed E-state index contributed by atoms with van der Waals surface area (Å²) in [7, 11) is -2.17. The Balaban J connectivity index is -0.0000000150. The number of rotatable bonds is 0. The van der Waals surface area contributed by atoms with Gasteiger partial charge in [0.2, 0.25) is 0 Å². The third-order valence-corrected chi connectivity index (χ3v) is 0. The minimum atomic E-state index is -2.17. The predicted octanol–water partition coefficient (Wildman–Crippen LogP) is -2.55. The van der Waals surface area contributed by atoms with Crippen molar-refractivity contribution in [1.29, 1.82) is 0 Å². The molecular formula is H6BBaClLaO3. The molecule has 0 saturated heterocycles. The molecule has 0 atom stereocenters. The van der Waals surface area contributed by atoms with Gasteiger partial charge in [0, 0.05) is 35.6 Å². The van der Waals surface area contributed by atoms with Crippen LogP contribution < -0.4 is 0 Å². The van der Waals surface area contributed by atoms with Gasteiger partial charge in [0.05, 0.1) is 0 Å². The Morgan fingerprint density at radius 1 is 1.00 bits per heavy atom. The SMILES string of the molecule is Cl.OB(O)O.[BaH2].[La]. The summed E-state index contributed by atoms with van der Waals surface area (Å²) >= 11 is 0. The van der Waals surface area contributed by atoms with Crippen molar-refractivity contribution in [2.45, 2.75) is 0 Å². The molecule has 0 aromatic carbocycles. The van der Waals surface area contributed by atoms with Gasteiger partial charge in [0.15, 0.2) is 0 Å². The van der Waals surface area contributed by atoms with Crippen molar-refractivity contribution in [3.8, 4) is 0 Å². The van der Waals surface area contributed by atoms with E-state index in [0.29, 0.717) is 0 Å². The van der Waals surface area contributed by atoms with Crippen molar-refractivity contribution in [3.63, 3.8) is 0 Å². The Kier molecular flexibility index (Phi) is 51.4. The zero-order chi connectivity index (χ0) is 3.58. The fourth-order valence-electron chi connectivity index (χ4n) is 0. The summed E-state index contributed by atoms with van der Waals surface area (Å²) in [5.74, 6) is 0. The molecule has 0 aliphatic carbocycles. The van der Waals surface area contributed by atoms with Gasteiger partial charge in [-0.3, -0.25) is 0 Å². The maximum atomic E-state index is 7.17. The van der Waals surface area contributed by atoms with Crippen molar-refractivity contribution in [2.24, 2.45) is 0 Å². The molecule has 7 heteroatoms. The van der Waals surface area contributed by atoms with Crippen molar-refractivity contribution in [3.05, 3.63) is 0 Å². The van der Waals surface area contributed by atoms with E-state index in [2.05, 4.69) is 0 Å². The van der Waals surface area contributed by atoms with E-state index < -0.39 is 7.32 Å². The van der Waals surface area contributed by atoms with Gasteiger partial charge in [0.25, 0.3) is 0 Å². The fraction of sp³-hybridized carbons (Fsp3) is 0. The summed E-state index contributed by atoms with van der Waals surface area (Å²) in [6, 6.07) is 0. The topological polar surface area (TPSA) is 60.7 Å². The molecule has 3 nitrogen and oxygen atoms in total. The smallest absolute Gasteiger partial charge is 0 e. The zero-order valence-corrected chi connectivity index (χ0v) is 7.35. The molecule has 0 aliphatic heterocycles. The quantitative estimate of drug-likeness (QED) is 0.408. The van der Waals surface area contributed by atoms with Crippen LogP contribution in [0.1, 0.15) is 0 Å². The molecule has 7 heavy (non-hydrogen) atoms. The summed E-state index contributed by atoms with van der Waals surface area (Å²) in [5.41, 5.74) is 0. The van der Waals surface area contributed by atoms with Crippen LogP contribution in [0.3, 0.4) is 0 Å². The van der Waals surface area contributed by atoms with Gasteiger partial charge in [-0.05, 0) is 0 Å². The maximum absolute atomic E-state index is 7.17. The molecule has 0 saturated carbocycles. The normalized spacial score (nSPS) is 3.86. The number of hydrogen-bond donors (Lipinski definition) is 3. The van der Waals surface area contributed by atoms with E-state index in [1.807, 2.05) is 0 Å². The Bertz CT molecular complexity index is 19.7. The van der Waals surface area contributed by atoms with Crippen LogP contribution in [0.2, 0.25) is 0 Å². The van der Waals surface area contributed by atoms with Gasteiger partial charge in [0.1, 0.15) is 0 Å².